The molecule has 0 radical (unpaired) electrons. The van der Waals surface area contributed by atoms with Gasteiger partial charge in [-0.05, 0) is 19.3 Å². The van der Waals surface area contributed by atoms with E-state index in [1.165, 1.54) is 56.3 Å². The smallest absolute Gasteiger partial charge is 0.0814 e. The number of hydrogen-bond donors (Lipinski definition) is 0. The standard InChI is InChI=1S/C10H20N.BrH/c1-10-5-8-11(9-10)6-3-2-4-7-11;/h10H,2-9H2,1H3;1H/q+1;/p-1. The highest BCUT2D eigenvalue weighted by Crippen LogP contribution is 2.28. The molecule has 0 aliphatic carbocycles. The van der Waals surface area contributed by atoms with E-state index in [2.05, 4.69) is 6.92 Å². The van der Waals surface area contributed by atoms with Gasteiger partial charge in [-0.1, -0.05) is 6.92 Å². The molecule has 1 spiro atoms. The molecule has 12 heavy (non-hydrogen) atoms. The van der Waals surface area contributed by atoms with Crippen LogP contribution in [0.1, 0.15) is 32.6 Å². The molecule has 72 valence electrons. The number of hydrogen-bond acceptors (Lipinski definition) is 0. The lowest BCUT2D eigenvalue weighted by Crippen LogP contribution is -3.00. The summed E-state index contributed by atoms with van der Waals surface area (Å²) in [5.41, 5.74) is 0. The minimum Gasteiger partial charge on any atom is -1.00 e. The summed E-state index contributed by atoms with van der Waals surface area (Å²) in [7, 11) is 0. The molecule has 2 rings (SSSR count). The molecule has 1 atom stereocenters. The summed E-state index contributed by atoms with van der Waals surface area (Å²) in [6, 6.07) is 0. The molecular formula is C10H20BrN. The van der Waals surface area contributed by atoms with E-state index in [0.29, 0.717) is 0 Å². The van der Waals surface area contributed by atoms with Gasteiger partial charge in [0.1, 0.15) is 0 Å². The Balaban J connectivity index is 0.000000720. The fourth-order valence-corrected chi connectivity index (χ4v) is 2.93. The second-order valence-corrected chi connectivity index (χ2v) is 4.65. The van der Waals surface area contributed by atoms with E-state index in [1.807, 2.05) is 0 Å². The van der Waals surface area contributed by atoms with Crippen LogP contribution >= 0.6 is 0 Å². The molecule has 0 aromatic heterocycles. The van der Waals surface area contributed by atoms with Crippen LogP contribution < -0.4 is 17.0 Å². The topological polar surface area (TPSA) is 0 Å². The summed E-state index contributed by atoms with van der Waals surface area (Å²) >= 11 is 0. The second-order valence-electron chi connectivity index (χ2n) is 4.65. The van der Waals surface area contributed by atoms with Gasteiger partial charge in [-0.25, -0.2) is 0 Å². The predicted molar refractivity (Wildman–Crippen MR) is 47.4 cm³/mol. The maximum atomic E-state index is 2.42. The van der Waals surface area contributed by atoms with E-state index in [9.17, 15) is 0 Å². The molecule has 0 amide bonds. The number of nitrogens with zero attached hydrogens (tertiary/aromatic N) is 1. The molecule has 1 nitrogen and oxygen atoms in total. The number of quaternary nitrogens is 1. The van der Waals surface area contributed by atoms with Gasteiger partial charge >= 0.3 is 0 Å². The lowest BCUT2D eigenvalue weighted by atomic mass is 10.1. The van der Waals surface area contributed by atoms with Crippen LogP contribution in [0.25, 0.3) is 0 Å². The molecule has 1 unspecified atom stereocenters. The van der Waals surface area contributed by atoms with E-state index in [1.54, 1.807) is 0 Å². The highest BCUT2D eigenvalue weighted by atomic mass is 79.9. The van der Waals surface area contributed by atoms with Gasteiger partial charge in [-0.3, -0.25) is 0 Å². The summed E-state index contributed by atoms with van der Waals surface area (Å²) in [4.78, 5) is 0. The molecule has 0 saturated carbocycles. The van der Waals surface area contributed by atoms with Gasteiger partial charge in [0.25, 0.3) is 0 Å². The Labute approximate surface area is 86.5 Å². The largest absolute Gasteiger partial charge is 1.00 e. The number of rotatable bonds is 0. The molecule has 2 heteroatoms. The van der Waals surface area contributed by atoms with Crippen LogP contribution in [0.2, 0.25) is 0 Å². The Bertz CT molecular complexity index is 135. The number of halogens is 1. The van der Waals surface area contributed by atoms with E-state index < -0.39 is 0 Å². The van der Waals surface area contributed by atoms with Crippen molar-refractivity contribution >= 4 is 0 Å². The van der Waals surface area contributed by atoms with Gasteiger partial charge in [-0.2, -0.15) is 0 Å². The zero-order valence-corrected chi connectivity index (χ0v) is 9.65. The fraction of sp³-hybridized carbons (Fsp3) is 1.00. The van der Waals surface area contributed by atoms with E-state index in [0.717, 1.165) is 5.92 Å². The zero-order chi connectivity index (χ0) is 7.73. The van der Waals surface area contributed by atoms with E-state index in [-0.39, 0.29) is 17.0 Å². The molecule has 0 N–H and O–H groups in total. The SMILES string of the molecule is CC1CC[N+]2(CCCCC2)C1.[Br-]. The molecule has 2 aliphatic heterocycles. The van der Waals surface area contributed by atoms with Crippen LogP contribution in [0.15, 0.2) is 0 Å². The Morgan fingerprint density at radius 1 is 1.00 bits per heavy atom. The molecule has 0 bridgehead atoms. The average molecular weight is 234 g/mol. The van der Waals surface area contributed by atoms with Crippen molar-refractivity contribution in [2.24, 2.45) is 5.92 Å². The molecule has 2 saturated heterocycles. The second kappa shape index (κ2) is 4.10. The van der Waals surface area contributed by atoms with Gasteiger partial charge in [0, 0.05) is 12.3 Å². The quantitative estimate of drug-likeness (QED) is 0.473. The summed E-state index contributed by atoms with van der Waals surface area (Å²) < 4.78 is 1.49. The number of piperidine rings is 1. The zero-order valence-electron chi connectivity index (χ0n) is 8.06. The van der Waals surface area contributed by atoms with Crippen molar-refractivity contribution in [1.82, 2.24) is 0 Å². The summed E-state index contributed by atoms with van der Waals surface area (Å²) in [5, 5.41) is 0. The fourth-order valence-electron chi connectivity index (χ4n) is 2.93. The van der Waals surface area contributed by atoms with Crippen LogP contribution in [-0.2, 0) is 0 Å². The third kappa shape index (κ3) is 2.02. The first kappa shape index (κ1) is 10.5. The van der Waals surface area contributed by atoms with Crippen molar-refractivity contribution in [3.63, 3.8) is 0 Å². The summed E-state index contributed by atoms with van der Waals surface area (Å²) in [6.07, 6.45) is 5.97. The van der Waals surface area contributed by atoms with Gasteiger partial charge in [0.15, 0.2) is 0 Å². The minimum atomic E-state index is 0. The van der Waals surface area contributed by atoms with Crippen LogP contribution in [0.4, 0.5) is 0 Å². The Morgan fingerprint density at radius 3 is 2.17 bits per heavy atom. The van der Waals surface area contributed by atoms with Crippen molar-refractivity contribution in [3.05, 3.63) is 0 Å². The van der Waals surface area contributed by atoms with Crippen molar-refractivity contribution in [2.75, 3.05) is 26.2 Å². The van der Waals surface area contributed by atoms with Gasteiger partial charge in [0.05, 0.1) is 26.2 Å². The lowest BCUT2D eigenvalue weighted by molar-refractivity contribution is -0.922. The molecule has 2 fully saturated rings. The highest BCUT2D eigenvalue weighted by Gasteiger charge is 2.36. The molecule has 0 aromatic carbocycles. The third-order valence-electron chi connectivity index (χ3n) is 3.56. The summed E-state index contributed by atoms with van der Waals surface area (Å²) in [6.45, 7) is 8.37. The van der Waals surface area contributed by atoms with Crippen LogP contribution in [-0.4, -0.2) is 30.7 Å². The molecule has 0 aromatic rings. The van der Waals surface area contributed by atoms with Crippen molar-refractivity contribution in [2.45, 2.75) is 32.6 Å². The molecule has 2 aliphatic rings. The van der Waals surface area contributed by atoms with Gasteiger partial charge in [-0.15, -0.1) is 0 Å². The normalized spacial score (nSPS) is 33.2. The van der Waals surface area contributed by atoms with Gasteiger partial charge < -0.3 is 21.5 Å². The first-order valence-corrected chi connectivity index (χ1v) is 5.16. The lowest BCUT2D eigenvalue weighted by Gasteiger charge is -2.37. The van der Waals surface area contributed by atoms with Crippen molar-refractivity contribution < 1.29 is 21.5 Å². The van der Waals surface area contributed by atoms with Crippen molar-refractivity contribution in [1.29, 1.82) is 0 Å². The molecule has 2 heterocycles. The first-order valence-electron chi connectivity index (χ1n) is 5.16. The maximum Gasteiger partial charge on any atom is 0.0814 e. The monoisotopic (exact) mass is 233 g/mol. The molecular weight excluding hydrogens is 214 g/mol. The van der Waals surface area contributed by atoms with Crippen LogP contribution in [0, 0.1) is 5.92 Å². The van der Waals surface area contributed by atoms with E-state index in [4.69, 9.17) is 0 Å². The Hall–Kier alpha value is 0.440. The Kier molecular flexibility index (Phi) is 3.59. The Morgan fingerprint density at radius 2 is 1.67 bits per heavy atom. The summed E-state index contributed by atoms with van der Waals surface area (Å²) in [5.74, 6) is 1.01. The maximum absolute atomic E-state index is 2.42. The average Bonchev–Trinajstić information content (AvgIpc) is 2.34. The third-order valence-corrected chi connectivity index (χ3v) is 3.56. The van der Waals surface area contributed by atoms with Crippen LogP contribution in [0.3, 0.4) is 0 Å². The van der Waals surface area contributed by atoms with Gasteiger partial charge in [0.2, 0.25) is 0 Å². The predicted octanol–water partition coefficient (Wildman–Crippen LogP) is -0.969. The van der Waals surface area contributed by atoms with E-state index >= 15 is 0 Å². The minimum absolute atomic E-state index is 0. The first-order chi connectivity index (χ1) is 5.31. The highest BCUT2D eigenvalue weighted by molar-refractivity contribution is 4.65. The van der Waals surface area contributed by atoms with Crippen LogP contribution in [0.5, 0.6) is 0 Å². The van der Waals surface area contributed by atoms with Crippen molar-refractivity contribution in [3.8, 4) is 0 Å².